The highest BCUT2D eigenvalue weighted by Gasteiger charge is 2.57. The van der Waals surface area contributed by atoms with Gasteiger partial charge in [0.2, 0.25) is 0 Å². The van der Waals surface area contributed by atoms with Crippen LogP contribution < -0.4 is 0 Å². The van der Waals surface area contributed by atoms with Crippen LogP contribution in [0.5, 0.6) is 0 Å². The fourth-order valence-electron chi connectivity index (χ4n) is 8.73. The van der Waals surface area contributed by atoms with Gasteiger partial charge in [-0.1, -0.05) is 212 Å². The normalized spacial score (nSPS) is 23.6. The van der Waals surface area contributed by atoms with E-state index >= 15 is 0 Å². The summed E-state index contributed by atoms with van der Waals surface area (Å²) in [6, 6.07) is 65.8. The van der Waals surface area contributed by atoms with Crippen molar-refractivity contribution in [3.05, 3.63) is 251 Å². The third-order valence-corrected chi connectivity index (χ3v) is 12.6. The Morgan fingerprint density at radius 3 is 0.986 bits per heavy atom. The maximum absolute atomic E-state index is 14.7. The summed E-state index contributed by atoms with van der Waals surface area (Å²) in [5, 5.41) is 12.7. The highest BCUT2D eigenvalue weighted by atomic mass is 16.8. The van der Waals surface area contributed by atoms with Crippen LogP contribution in [0, 0.1) is 0 Å². The average molecular weight is 1000 g/mol. The number of benzene rings is 7. The molecule has 2 heterocycles. The monoisotopic (exact) mass is 1000 g/mol. The maximum atomic E-state index is 14.7. The number of aliphatic hydroxyl groups excluding tert-OH is 1. The minimum Gasteiger partial charge on any atom is -0.459 e. The van der Waals surface area contributed by atoms with Crippen LogP contribution in [0.4, 0.5) is 0 Å². The van der Waals surface area contributed by atoms with Crippen molar-refractivity contribution in [1.29, 1.82) is 0 Å². The smallest absolute Gasteiger partial charge is 0.338 e. The molecule has 13 nitrogen and oxygen atoms in total. The summed E-state index contributed by atoms with van der Waals surface area (Å²) in [5.74, 6) is -1.57. The van der Waals surface area contributed by atoms with E-state index in [1.807, 2.05) is 212 Å². The lowest BCUT2D eigenvalue weighted by molar-refractivity contribution is -0.369. The summed E-state index contributed by atoms with van der Waals surface area (Å²) in [4.78, 5) is 29.2. The molecular formula is C61H60O13. The Balaban J connectivity index is 1.12. The highest BCUT2D eigenvalue weighted by Crippen LogP contribution is 2.37. The predicted octanol–water partition coefficient (Wildman–Crippen LogP) is 9.23. The number of aliphatic hydroxyl groups is 1. The average Bonchev–Trinajstić information content (AvgIpc) is 3.46. The van der Waals surface area contributed by atoms with Crippen LogP contribution in [0.1, 0.15) is 38.9 Å². The van der Waals surface area contributed by atoms with E-state index in [-0.39, 0.29) is 46.2 Å². The SMILES string of the molecule is O=C(OCc1ccccc1)[C@H]1O[C@H](O[C@@H]2[C@H](OCc3ccccc3)[C@@H](OCc3ccccc3)O[C@H](C(=O)OCc3ccccc3)[C@H]2OCc2ccccc2)[C@@H](OCc2ccccc2)[C@@H](O)[C@@H]1OCc1ccccc1. The molecule has 74 heavy (non-hydrogen) atoms. The van der Waals surface area contributed by atoms with Crippen LogP contribution in [-0.4, -0.2) is 78.5 Å². The molecule has 2 saturated heterocycles. The second-order valence-corrected chi connectivity index (χ2v) is 18.0. The van der Waals surface area contributed by atoms with E-state index in [1.54, 1.807) is 0 Å². The third kappa shape index (κ3) is 14.4. The lowest BCUT2D eigenvalue weighted by Crippen LogP contribution is -2.67. The Kier molecular flexibility index (Phi) is 18.9. The molecule has 0 spiro atoms. The van der Waals surface area contributed by atoms with Crippen molar-refractivity contribution in [3.8, 4) is 0 Å². The lowest BCUT2D eigenvalue weighted by atomic mass is 9.95. The molecule has 2 fully saturated rings. The van der Waals surface area contributed by atoms with Crippen molar-refractivity contribution in [3.63, 3.8) is 0 Å². The summed E-state index contributed by atoms with van der Waals surface area (Å²) < 4.78 is 66.0. The molecule has 7 aromatic carbocycles. The largest absolute Gasteiger partial charge is 0.459 e. The van der Waals surface area contributed by atoms with E-state index < -0.39 is 73.4 Å². The van der Waals surface area contributed by atoms with E-state index in [4.69, 9.17) is 47.4 Å². The van der Waals surface area contributed by atoms with E-state index in [2.05, 4.69) is 0 Å². The molecule has 0 radical (unpaired) electrons. The number of carbonyl (C=O) groups is 2. The van der Waals surface area contributed by atoms with E-state index in [1.165, 1.54) is 0 Å². The van der Waals surface area contributed by atoms with Crippen molar-refractivity contribution in [2.75, 3.05) is 0 Å². The van der Waals surface area contributed by atoms with Crippen molar-refractivity contribution < 1.29 is 62.1 Å². The fourth-order valence-corrected chi connectivity index (χ4v) is 8.73. The lowest BCUT2D eigenvalue weighted by Gasteiger charge is -2.48. The number of esters is 2. The number of ether oxygens (including phenoxy) is 10. The van der Waals surface area contributed by atoms with Gasteiger partial charge in [0.05, 0.1) is 33.0 Å². The molecule has 0 amide bonds. The summed E-state index contributed by atoms with van der Waals surface area (Å²) in [7, 11) is 0. The Hall–Kier alpha value is -6.88. The molecule has 2 aliphatic heterocycles. The van der Waals surface area contributed by atoms with Crippen LogP contribution in [-0.2, 0) is 103 Å². The molecule has 382 valence electrons. The molecular weight excluding hydrogens is 941 g/mol. The third-order valence-electron chi connectivity index (χ3n) is 12.6. The standard InChI is InChI=1S/C61H60O13/c62-50-51(65-36-43-22-8-1-9-23-43)55(58(63)69-40-47-30-16-5-17-31-47)74-61(52(50)66-37-44-24-10-2-11-25-44)72-54-53(67-38-45-26-12-3-13-27-45)56(59(64)70-41-48-32-18-6-19-33-48)73-60(71-42-49-34-20-7-21-35-49)57(54)68-39-46-28-14-4-15-29-46/h1-35,50-57,60-62H,36-42H2/t50-,51-,52-,53-,54-,55-,56-,57-,60-,61-/m0/s1. The quantitative estimate of drug-likeness (QED) is 0.0609. The van der Waals surface area contributed by atoms with Gasteiger partial charge in [-0.3, -0.25) is 0 Å². The molecule has 0 aromatic heterocycles. The van der Waals surface area contributed by atoms with Gasteiger partial charge in [-0.05, 0) is 38.9 Å². The van der Waals surface area contributed by atoms with Gasteiger partial charge < -0.3 is 52.5 Å². The van der Waals surface area contributed by atoms with Gasteiger partial charge in [0.25, 0.3) is 0 Å². The number of hydrogen-bond donors (Lipinski definition) is 1. The Morgan fingerprint density at radius 2 is 0.608 bits per heavy atom. The molecule has 13 heteroatoms. The Morgan fingerprint density at radius 1 is 0.324 bits per heavy atom. The van der Waals surface area contributed by atoms with E-state index in [0.717, 1.165) is 38.9 Å². The first-order chi connectivity index (χ1) is 36.4. The molecule has 10 atom stereocenters. The van der Waals surface area contributed by atoms with Gasteiger partial charge in [0.15, 0.2) is 24.8 Å². The van der Waals surface area contributed by atoms with Crippen LogP contribution in [0.2, 0.25) is 0 Å². The van der Waals surface area contributed by atoms with Gasteiger partial charge in [-0.25, -0.2) is 9.59 Å². The number of rotatable bonds is 23. The maximum Gasteiger partial charge on any atom is 0.338 e. The summed E-state index contributed by atoms with van der Waals surface area (Å²) in [5.41, 5.74) is 5.52. The van der Waals surface area contributed by atoms with Crippen LogP contribution >= 0.6 is 0 Å². The van der Waals surface area contributed by atoms with Crippen LogP contribution in [0.3, 0.4) is 0 Å². The van der Waals surface area contributed by atoms with Crippen molar-refractivity contribution >= 4 is 11.9 Å². The summed E-state index contributed by atoms with van der Waals surface area (Å²) >= 11 is 0. The van der Waals surface area contributed by atoms with Crippen LogP contribution in [0.15, 0.2) is 212 Å². The van der Waals surface area contributed by atoms with E-state index in [9.17, 15) is 14.7 Å². The second kappa shape index (κ2) is 26.9. The molecule has 0 saturated carbocycles. The molecule has 0 unspecified atom stereocenters. The minimum atomic E-state index is -1.57. The summed E-state index contributed by atoms with van der Waals surface area (Å²) in [6.07, 6.45) is -13.8. The predicted molar refractivity (Wildman–Crippen MR) is 272 cm³/mol. The Bertz CT molecular complexity index is 2720. The summed E-state index contributed by atoms with van der Waals surface area (Å²) in [6.45, 7) is -0.00817. The van der Waals surface area contributed by atoms with Gasteiger partial charge in [0, 0.05) is 0 Å². The van der Waals surface area contributed by atoms with Gasteiger partial charge in [-0.15, -0.1) is 0 Å². The second-order valence-electron chi connectivity index (χ2n) is 18.0. The molecule has 1 N–H and O–H groups in total. The van der Waals surface area contributed by atoms with Crippen molar-refractivity contribution in [2.24, 2.45) is 0 Å². The van der Waals surface area contributed by atoms with Crippen molar-refractivity contribution in [2.45, 2.75) is 108 Å². The van der Waals surface area contributed by atoms with Gasteiger partial charge >= 0.3 is 11.9 Å². The fraction of sp³-hybridized carbons (Fsp3) is 0.279. The molecule has 7 aromatic rings. The zero-order chi connectivity index (χ0) is 50.7. The number of carbonyl (C=O) groups excluding carboxylic acids is 2. The molecule has 0 bridgehead atoms. The zero-order valence-corrected chi connectivity index (χ0v) is 40.8. The first-order valence-corrected chi connectivity index (χ1v) is 24.8. The minimum absolute atomic E-state index is 0.00403. The molecule has 9 rings (SSSR count). The zero-order valence-electron chi connectivity index (χ0n) is 40.8. The van der Waals surface area contributed by atoms with E-state index in [0.29, 0.717) is 0 Å². The highest BCUT2D eigenvalue weighted by molar-refractivity contribution is 5.76. The first-order valence-electron chi connectivity index (χ1n) is 24.8. The van der Waals surface area contributed by atoms with Crippen LogP contribution in [0.25, 0.3) is 0 Å². The van der Waals surface area contributed by atoms with Gasteiger partial charge in [0.1, 0.15) is 49.8 Å². The van der Waals surface area contributed by atoms with Crippen molar-refractivity contribution in [1.82, 2.24) is 0 Å². The molecule has 0 aliphatic carbocycles. The van der Waals surface area contributed by atoms with Gasteiger partial charge in [-0.2, -0.15) is 0 Å². The number of hydrogen-bond acceptors (Lipinski definition) is 13. The first kappa shape index (κ1) is 52.0. The topological polar surface area (TPSA) is 147 Å². The Labute approximate surface area is 431 Å². The molecule has 2 aliphatic rings.